The van der Waals surface area contributed by atoms with Crippen LogP contribution in [0.2, 0.25) is 0 Å². The minimum Gasteiger partial charge on any atom is -0.452 e. The van der Waals surface area contributed by atoms with E-state index in [2.05, 4.69) is 10.6 Å². The van der Waals surface area contributed by atoms with Crippen molar-refractivity contribution in [3.05, 3.63) is 35.6 Å². The molecule has 0 radical (unpaired) electrons. The van der Waals surface area contributed by atoms with Crippen LogP contribution in [0.15, 0.2) is 24.3 Å². The molecule has 0 bridgehead atoms. The van der Waals surface area contributed by atoms with Gasteiger partial charge in [-0.3, -0.25) is 19.7 Å². The lowest BCUT2D eigenvalue weighted by atomic mass is 9.99. The molecular formula is C19H25FN2O5. The maximum atomic E-state index is 13.6. The number of hydrogen-bond donors (Lipinski definition) is 2. The number of urea groups is 1. The van der Waals surface area contributed by atoms with Gasteiger partial charge in [-0.15, -0.1) is 0 Å². The molecule has 0 saturated heterocycles. The number of rotatable bonds is 6. The molecule has 2 N–H and O–H groups in total. The predicted molar refractivity (Wildman–Crippen MR) is 96.5 cm³/mol. The fourth-order valence-electron chi connectivity index (χ4n) is 2.09. The highest BCUT2D eigenvalue weighted by Gasteiger charge is 2.26. The summed E-state index contributed by atoms with van der Waals surface area (Å²) >= 11 is 0. The van der Waals surface area contributed by atoms with Crippen LogP contribution in [-0.2, 0) is 14.3 Å². The molecule has 148 valence electrons. The summed E-state index contributed by atoms with van der Waals surface area (Å²) in [6, 6.07) is 4.76. The number of nitrogens with one attached hydrogen (secondary N) is 2. The van der Waals surface area contributed by atoms with E-state index in [9.17, 15) is 23.6 Å². The van der Waals surface area contributed by atoms with Crippen molar-refractivity contribution in [1.29, 1.82) is 0 Å². The molecule has 0 fully saturated rings. The highest BCUT2D eigenvalue weighted by molar-refractivity contribution is 5.99. The molecule has 1 rings (SSSR count). The molecule has 1 aromatic rings. The number of esters is 1. The van der Waals surface area contributed by atoms with E-state index in [4.69, 9.17) is 4.74 Å². The predicted octanol–water partition coefficient (Wildman–Crippen LogP) is 2.59. The van der Waals surface area contributed by atoms with Gasteiger partial charge in [0.05, 0.1) is 11.5 Å². The number of hydrogen-bond acceptors (Lipinski definition) is 5. The molecule has 7 nitrogen and oxygen atoms in total. The Morgan fingerprint density at radius 1 is 1.11 bits per heavy atom. The molecule has 3 amide bonds. The third-order valence-corrected chi connectivity index (χ3v) is 3.46. The Morgan fingerprint density at radius 2 is 1.70 bits per heavy atom. The second kappa shape index (κ2) is 9.25. The van der Waals surface area contributed by atoms with E-state index in [1.165, 1.54) is 32.0 Å². The van der Waals surface area contributed by atoms with Crippen LogP contribution in [0.1, 0.15) is 51.4 Å². The summed E-state index contributed by atoms with van der Waals surface area (Å²) in [5.74, 6) is -3.67. The smallest absolute Gasteiger partial charge is 0.321 e. The molecule has 0 aliphatic rings. The van der Waals surface area contributed by atoms with Crippen molar-refractivity contribution < 1.29 is 28.3 Å². The van der Waals surface area contributed by atoms with Gasteiger partial charge in [0.2, 0.25) is 0 Å². The fourth-order valence-corrected chi connectivity index (χ4v) is 2.09. The van der Waals surface area contributed by atoms with Gasteiger partial charge in [0.25, 0.3) is 5.91 Å². The van der Waals surface area contributed by atoms with Gasteiger partial charge in [0.1, 0.15) is 5.82 Å². The monoisotopic (exact) mass is 380 g/mol. The number of ether oxygens (including phenoxy) is 1. The van der Waals surface area contributed by atoms with Crippen molar-refractivity contribution in [2.45, 2.75) is 52.7 Å². The number of halogens is 1. The van der Waals surface area contributed by atoms with Gasteiger partial charge >= 0.3 is 12.0 Å². The van der Waals surface area contributed by atoms with Gasteiger partial charge in [-0.05, 0) is 39.8 Å². The lowest BCUT2D eigenvalue weighted by Gasteiger charge is -2.21. The van der Waals surface area contributed by atoms with Gasteiger partial charge in [0, 0.05) is 12.0 Å². The Morgan fingerprint density at radius 3 is 2.26 bits per heavy atom. The maximum absolute atomic E-state index is 13.6. The summed E-state index contributed by atoms with van der Waals surface area (Å²) in [4.78, 5) is 47.8. The molecule has 0 aliphatic heterocycles. The van der Waals surface area contributed by atoms with Crippen LogP contribution >= 0.6 is 0 Å². The van der Waals surface area contributed by atoms with Gasteiger partial charge in [-0.1, -0.05) is 19.1 Å². The zero-order chi connectivity index (χ0) is 20.8. The average molecular weight is 380 g/mol. The number of benzene rings is 1. The second-order valence-electron chi connectivity index (χ2n) is 7.28. The van der Waals surface area contributed by atoms with Crippen molar-refractivity contribution in [2.75, 3.05) is 0 Å². The van der Waals surface area contributed by atoms with Crippen LogP contribution in [0.5, 0.6) is 0 Å². The first-order valence-electron chi connectivity index (χ1n) is 8.52. The average Bonchev–Trinajstić information content (AvgIpc) is 2.52. The standard InChI is InChI=1S/C19H25FN2O5/c1-11(10-15(23)13-8-6-7-9-14(13)20)17(25)27-12(2)16(24)21-18(26)22-19(3,4)5/h6-9,11-12H,10H2,1-5H3,(H2,21,22,24,26)/t11-,12-/m0/s1. The number of imide groups is 1. The van der Waals surface area contributed by atoms with E-state index >= 15 is 0 Å². The zero-order valence-corrected chi connectivity index (χ0v) is 16.1. The van der Waals surface area contributed by atoms with E-state index in [-0.39, 0.29) is 12.0 Å². The Labute approximate surface area is 157 Å². The van der Waals surface area contributed by atoms with E-state index in [1.807, 2.05) is 0 Å². The molecule has 2 atom stereocenters. The Kier molecular flexibility index (Phi) is 7.63. The van der Waals surface area contributed by atoms with Crippen molar-refractivity contribution in [3.63, 3.8) is 0 Å². The first-order valence-corrected chi connectivity index (χ1v) is 8.52. The van der Waals surface area contributed by atoms with Crippen LogP contribution in [0.3, 0.4) is 0 Å². The highest BCUT2D eigenvalue weighted by Crippen LogP contribution is 2.15. The third kappa shape index (κ3) is 7.55. The molecule has 0 aliphatic carbocycles. The van der Waals surface area contributed by atoms with Crippen molar-refractivity contribution in [1.82, 2.24) is 10.6 Å². The normalized spacial score (nSPS) is 13.3. The fraction of sp³-hybridized carbons (Fsp3) is 0.474. The first-order chi connectivity index (χ1) is 12.4. The first kappa shape index (κ1) is 22.3. The maximum Gasteiger partial charge on any atom is 0.321 e. The molecule has 0 saturated carbocycles. The molecule has 0 heterocycles. The van der Waals surface area contributed by atoms with Crippen molar-refractivity contribution in [2.24, 2.45) is 5.92 Å². The highest BCUT2D eigenvalue weighted by atomic mass is 19.1. The molecular weight excluding hydrogens is 355 g/mol. The zero-order valence-electron chi connectivity index (χ0n) is 16.1. The molecule has 0 aromatic heterocycles. The number of carbonyl (C=O) groups excluding carboxylic acids is 4. The van der Waals surface area contributed by atoms with Crippen LogP contribution in [0, 0.1) is 11.7 Å². The van der Waals surface area contributed by atoms with E-state index < -0.39 is 47.1 Å². The Bertz CT molecular complexity index is 727. The summed E-state index contributed by atoms with van der Waals surface area (Å²) in [5.41, 5.74) is -0.645. The molecule has 1 aromatic carbocycles. The summed E-state index contributed by atoms with van der Waals surface area (Å²) in [6.07, 6.45) is -1.49. The minimum absolute atomic E-state index is 0.109. The molecule has 8 heteroatoms. The number of carbonyl (C=O) groups is 4. The van der Waals surface area contributed by atoms with E-state index in [0.29, 0.717) is 0 Å². The SMILES string of the molecule is C[C@H](OC(=O)[C@@H](C)CC(=O)c1ccccc1F)C(=O)NC(=O)NC(C)(C)C. The topological polar surface area (TPSA) is 102 Å². The summed E-state index contributed by atoms with van der Waals surface area (Å²) < 4.78 is 18.6. The summed E-state index contributed by atoms with van der Waals surface area (Å²) in [6.45, 7) is 7.99. The number of amides is 3. The number of ketones is 1. The second-order valence-corrected chi connectivity index (χ2v) is 7.28. The largest absolute Gasteiger partial charge is 0.452 e. The minimum atomic E-state index is -1.23. The van der Waals surface area contributed by atoms with E-state index in [1.54, 1.807) is 20.8 Å². The Balaban J connectivity index is 2.56. The van der Waals surface area contributed by atoms with Gasteiger partial charge < -0.3 is 10.1 Å². The van der Waals surface area contributed by atoms with Crippen molar-refractivity contribution >= 4 is 23.7 Å². The van der Waals surface area contributed by atoms with E-state index in [0.717, 1.165) is 6.07 Å². The van der Waals surface area contributed by atoms with Crippen LogP contribution in [0.4, 0.5) is 9.18 Å². The van der Waals surface area contributed by atoms with Gasteiger partial charge in [-0.25, -0.2) is 9.18 Å². The van der Waals surface area contributed by atoms with Crippen LogP contribution < -0.4 is 10.6 Å². The van der Waals surface area contributed by atoms with Gasteiger partial charge in [-0.2, -0.15) is 0 Å². The molecule has 0 unspecified atom stereocenters. The Hall–Kier alpha value is -2.77. The van der Waals surface area contributed by atoms with Crippen LogP contribution in [0.25, 0.3) is 0 Å². The number of Topliss-reactive ketones (excluding diaryl/α,β-unsaturated/α-hetero) is 1. The molecule has 0 spiro atoms. The summed E-state index contributed by atoms with van der Waals surface area (Å²) in [7, 11) is 0. The lowest BCUT2D eigenvalue weighted by Crippen LogP contribution is -2.50. The van der Waals surface area contributed by atoms with Crippen LogP contribution in [-0.4, -0.2) is 35.3 Å². The third-order valence-electron chi connectivity index (χ3n) is 3.46. The van der Waals surface area contributed by atoms with Gasteiger partial charge in [0.15, 0.2) is 11.9 Å². The molecule has 27 heavy (non-hydrogen) atoms. The lowest BCUT2D eigenvalue weighted by molar-refractivity contribution is -0.157. The van der Waals surface area contributed by atoms with Crippen molar-refractivity contribution in [3.8, 4) is 0 Å². The quantitative estimate of drug-likeness (QED) is 0.583. The summed E-state index contributed by atoms with van der Waals surface area (Å²) in [5, 5.41) is 4.61.